The Labute approximate surface area is 182 Å². The quantitative estimate of drug-likeness (QED) is 0.411. The van der Waals surface area contributed by atoms with Gasteiger partial charge in [0.2, 0.25) is 0 Å². The number of nitrogens with zero attached hydrogens (tertiary/aromatic N) is 1. The molecule has 2 rings (SSSR count). The van der Waals surface area contributed by atoms with Crippen molar-refractivity contribution in [2.24, 2.45) is 0 Å². The van der Waals surface area contributed by atoms with Gasteiger partial charge in [0.15, 0.2) is 0 Å². The van der Waals surface area contributed by atoms with Gasteiger partial charge in [-0.15, -0.1) is 0 Å². The zero-order valence-electron chi connectivity index (χ0n) is 17.0. The Hall–Kier alpha value is -2.00. The number of carbonyl (C=O) groups excluding carboxylic acids is 3. The number of benzene rings is 1. The van der Waals surface area contributed by atoms with Crippen LogP contribution in [0, 0.1) is 0 Å². The SMILES string of the molecule is CCOc1cc(OCC)c(C=C2SC(=O)N(CC(=O)OC(C)(C)C)C2=O)cc1Br. The van der Waals surface area contributed by atoms with Crippen molar-refractivity contribution in [2.75, 3.05) is 19.8 Å². The van der Waals surface area contributed by atoms with E-state index >= 15 is 0 Å². The molecule has 9 heteroatoms. The monoisotopic (exact) mass is 485 g/mol. The van der Waals surface area contributed by atoms with E-state index < -0.39 is 29.3 Å². The molecule has 1 aromatic carbocycles. The van der Waals surface area contributed by atoms with E-state index in [-0.39, 0.29) is 4.91 Å². The first-order chi connectivity index (χ1) is 13.6. The highest BCUT2D eigenvalue weighted by Crippen LogP contribution is 2.38. The summed E-state index contributed by atoms with van der Waals surface area (Å²) in [5.41, 5.74) is -0.0830. The number of rotatable bonds is 7. The molecule has 158 valence electrons. The molecule has 0 N–H and O–H groups in total. The molecule has 0 saturated carbocycles. The standard InChI is InChI=1S/C20H24BrNO6S/c1-6-26-14-10-15(27-7-2)13(21)8-12(14)9-16-18(24)22(19(25)29-16)11-17(23)28-20(3,4)5/h8-10H,6-7,11H2,1-5H3. The van der Waals surface area contributed by atoms with Gasteiger partial charge >= 0.3 is 5.97 Å². The third-order valence-electron chi connectivity index (χ3n) is 3.53. The second kappa shape index (κ2) is 9.67. The fourth-order valence-electron chi connectivity index (χ4n) is 2.49. The van der Waals surface area contributed by atoms with Crippen LogP contribution in [0.15, 0.2) is 21.5 Å². The van der Waals surface area contributed by atoms with Crippen molar-refractivity contribution in [2.45, 2.75) is 40.2 Å². The van der Waals surface area contributed by atoms with Crippen molar-refractivity contribution < 1.29 is 28.6 Å². The maximum Gasteiger partial charge on any atom is 0.326 e. The number of ether oxygens (including phenoxy) is 3. The Morgan fingerprint density at radius 1 is 1.14 bits per heavy atom. The Bertz CT molecular complexity index is 846. The van der Waals surface area contributed by atoms with Crippen molar-refractivity contribution in [1.82, 2.24) is 4.90 Å². The Balaban J connectivity index is 2.28. The van der Waals surface area contributed by atoms with E-state index in [9.17, 15) is 14.4 Å². The van der Waals surface area contributed by atoms with Crippen LogP contribution in [0.1, 0.15) is 40.2 Å². The number of imide groups is 1. The van der Waals surface area contributed by atoms with Gasteiger partial charge in [-0.1, -0.05) is 0 Å². The molecule has 1 aliphatic heterocycles. The lowest BCUT2D eigenvalue weighted by Crippen LogP contribution is -2.37. The van der Waals surface area contributed by atoms with Gasteiger partial charge in [-0.25, -0.2) is 0 Å². The summed E-state index contributed by atoms with van der Waals surface area (Å²) in [6.07, 6.45) is 1.57. The van der Waals surface area contributed by atoms with Crippen LogP contribution in [0.4, 0.5) is 4.79 Å². The number of hydrogen-bond acceptors (Lipinski definition) is 7. The summed E-state index contributed by atoms with van der Waals surface area (Å²) in [7, 11) is 0. The Kier molecular flexibility index (Phi) is 7.76. The van der Waals surface area contributed by atoms with Gasteiger partial charge in [-0.05, 0) is 74.5 Å². The first-order valence-electron chi connectivity index (χ1n) is 9.12. The molecule has 1 saturated heterocycles. The smallest absolute Gasteiger partial charge is 0.326 e. The summed E-state index contributed by atoms with van der Waals surface area (Å²) in [5.74, 6) is -0.0394. The zero-order chi connectivity index (χ0) is 21.8. The molecule has 0 radical (unpaired) electrons. The first kappa shape index (κ1) is 23.3. The second-order valence-corrected chi connectivity index (χ2v) is 8.89. The van der Waals surface area contributed by atoms with Gasteiger partial charge < -0.3 is 14.2 Å². The summed E-state index contributed by atoms with van der Waals surface area (Å²) >= 11 is 4.21. The minimum absolute atomic E-state index is 0.204. The Morgan fingerprint density at radius 2 is 1.76 bits per heavy atom. The minimum Gasteiger partial charge on any atom is -0.493 e. The average molecular weight is 486 g/mol. The molecule has 29 heavy (non-hydrogen) atoms. The van der Waals surface area contributed by atoms with Crippen LogP contribution in [0.5, 0.6) is 11.5 Å². The fourth-order valence-corrected chi connectivity index (χ4v) is 3.79. The van der Waals surface area contributed by atoms with Crippen LogP contribution in [0.25, 0.3) is 6.08 Å². The molecule has 1 aliphatic rings. The van der Waals surface area contributed by atoms with E-state index in [1.54, 1.807) is 39.0 Å². The van der Waals surface area contributed by atoms with Crippen LogP contribution in [0.2, 0.25) is 0 Å². The number of halogens is 1. The molecule has 0 aromatic heterocycles. The maximum atomic E-state index is 12.7. The topological polar surface area (TPSA) is 82.1 Å². The van der Waals surface area contributed by atoms with Gasteiger partial charge in [0.05, 0.1) is 22.6 Å². The van der Waals surface area contributed by atoms with Crippen LogP contribution in [-0.2, 0) is 14.3 Å². The van der Waals surface area contributed by atoms with Gasteiger partial charge in [0.25, 0.3) is 11.1 Å². The number of esters is 1. The molecular formula is C20H24BrNO6S. The molecule has 0 aliphatic carbocycles. The largest absolute Gasteiger partial charge is 0.493 e. The average Bonchev–Trinajstić information content (AvgIpc) is 2.85. The lowest BCUT2D eigenvalue weighted by molar-refractivity contribution is -0.156. The van der Waals surface area contributed by atoms with E-state index in [2.05, 4.69) is 15.9 Å². The molecule has 1 heterocycles. The number of amides is 2. The third-order valence-corrected chi connectivity index (χ3v) is 5.06. The number of thioether (sulfide) groups is 1. The summed E-state index contributed by atoms with van der Waals surface area (Å²) in [6, 6.07) is 3.49. The summed E-state index contributed by atoms with van der Waals surface area (Å²) in [6.45, 7) is 9.38. The Morgan fingerprint density at radius 3 is 2.34 bits per heavy atom. The molecule has 0 unspecified atom stereocenters. The van der Waals surface area contributed by atoms with E-state index in [4.69, 9.17) is 14.2 Å². The highest BCUT2D eigenvalue weighted by Gasteiger charge is 2.37. The molecule has 7 nitrogen and oxygen atoms in total. The molecule has 0 spiro atoms. The lowest BCUT2D eigenvalue weighted by Gasteiger charge is -2.21. The van der Waals surface area contributed by atoms with E-state index in [0.717, 1.165) is 16.7 Å². The van der Waals surface area contributed by atoms with Crippen LogP contribution >= 0.6 is 27.7 Å². The second-order valence-electron chi connectivity index (χ2n) is 7.04. The normalized spacial score (nSPS) is 15.8. The van der Waals surface area contributed by atoms with Crippen molar-refractivity contribution in [3.05, 3.63) is 27.1 Å². The zero-order valence-corrected chi connectivity index (χ0v) is 19.4. The van der Waals surface area contributed by atoms with Gasteiger partial charge in [0, 0.05) is 11.6 Å². The van der Waals surface area contributed by atoms with E-state index in [1.807, 2.05) is 13.8 Å². The third kappa shape index (κ3) is 6.24. The van der Waals surface area contributed by atoms with Gasteiger partial charge in [-0.2, -0.15) is 0 Å². The molecule has 1 aromatic rings. The van der Waals surface area contributed by atoms with E-state index in [0.29, 0.717) is 34.7 Å². The fraction of sp³-hybridized carbons (Fsp3) is 0.450. The van der Waals surface area contributed by atoms with Gasteiger partial charge in [-0.3, -0.25) is 19.3 Å². The number of carbonyl (C=O) groups is 3. The molecular weight excluding hydrogens is 462 g/mol. The summed E-state index contributed by atoms with van der Waals surface area (Å²) in [4.78, 5) is 38.0. The summed E-state index contributed by atoms with van der Waals surface area (Å²) < 4.78 is 17.1. The number of hydrogen-bond donors (Lipinski definition) is 0. The molecule has 0 bridgehead atoms. The van der Waals surface area contributed by atoms with Crippen molar-refractivity contribution in [3.63, 3.8) is 0 Å². The first-order valence-corrected chi connectivity index (χ1v) is 10.7. The lowest BCUT2D eigenvalue weighted by atomic mass is 10.1. The van der Waals surface area contributed by atoms with Crippen LogP contribution in [0.3, 0.4) is 0 Å². The maximum absolute atomic E-state index is 12.7. The molecule has 1 fully saturated rings. The molecule has 0 atom stereocenters. The highest BCUT2D eigenvalue weighted by atomic mass is 79.9. The predicted octanol–water partition coefficient (Wildman–Crippen LogP) is 4.62. The van der Waals surface area contributed by atoms with Crippen LogP contribution < -0.4 is 9.47 Å². The van der Waals surface area contributed by atoms with Crippen LogP contribution in [-0.4, -0.2) is 47.4 Å². The minimum atomic E-state index is -0.699. The van der Waals surface area contributed by atoms with Gasteiger partial charge in [0.1, 0.15) is 23.6 Å². The van der Waals surface area contributed by atoms with E-state index in [1.165, 1.54) is 0 Å². The predicted molar refractivity (Wildman–Crippen MR) is 115 cm³/mol. The highest BCUT2D eigenvalue weighted by molar-refractivity contribution is 9.10. The van der Waals surface area contributed by atoms with Crippen molar-refractivity contribution >= 4 is 50.9 Å². The molecule has 2 amide bonds. The summed E-state index contributed by atoms with van der Waals surface area (Å²) in [5, 5.41) is -0.518. The van der Waals surface area contributed by atoms with Crippen molar-refractivity contribution in [3.8, 4) is 11.5 Å². The van der Waals surface area contributed by atoms with Crippen molar-refractivity contribution in [1.29, 1.82) is 0 Å².